The predicted molar refractivity (Wildman–Crippen MR) is 103 cm³/mol. The van der Waals surface area contributed by atoms with Crippen molar-refractivity contribution in [1.82, 2.24) is 9.80 Å². The van der Waals surface area contributed by atoms with Crippen molar-refractivity contribution < 1.29 is 9.18 Å². The standard InChI is InChI=1S/C22H27FN2O/c1-24(2)12-13-25(16-20-6-3-4-9-21(20)23)22(26)15-17-10-11-18-7-5-8-19(18)14-17/h3-4,6,9-11,14H,5,7-8,12-13,15-16H2,1-2H3. The minimum atomic E-state index is -0.257. The molecule has 0 unspecified atom stereocenters. The van der Waals surface area contributed by atoms with Crippen LogP contribution in [0.3, 0.4) is 0 Å². The van der Waals surface area contributed by atoms with Gasteiger partial charge in [-0.25, -0.2) is 4.39 Å². The highest BCUT2D eigenvalue weighted by molar-refractivity contribution is 5.79. The maximum Gasteiger partial charge on any atom is 0.227 e. The van der Waals surface area contributed by atoms with Crippen LogP contribution in [-0.4, -0.2) is 42.9 Å². The van der Waals surface area contributed by atoms with E-state index < -0.39 is 0 Å². The predicted octanol–water partition coefficient (Wildman–Crippen LogP) is 3.45. The van der Waals surface area contributed by atoms with Crippen LogP contribution >= 0.6 is 0 Å². The molecule has 3 nitrogen and oxygen atoms in total. The summed E-state index contributed by atoms with van der Waals surface area (Å²) in [4.78, 5) is 16.7. The lowest BCUT2D eigenvalue weighted by Crippen LogP contribution is -2.37. The maximum absolute atomic E-state index is 14.0. The van der Waals surface area contributed by atoms with Gasteiger partial charge in [-0.15, -0.1) is 0 Å². The second-order valence-electron chi connectivity index (χ2n) is 7.34. The highest BCUT2D eigenvalue weighted by Gasteiger charge is 2.18. The highest BCUT2D eigenvalue weighted by Crippen LogP contribution is 2.23. The molecule has 0 saturated carbocycles. The largest absolute Gasteiger partial charge is 0.337 e. The Morgan fingerprint density at radius 2 is 1.81 bits per heavy atom. The number of aryl methyl sites for hydroxylation is 2. The summed E-state index contributed by atoms with van der Waals surface area (Å²) in [6, 6.07) is 13.1. The van der Waals surface area contributed by atoms with Gasteiger partial charge in [0.15, 0.2) is 0 Å². The van der Waals surface area contributed by atoms with Crippen LogP contribution in [0.1, 0.15) is 28.7 Å². The van der Waals surface area contributed by atoms with E-state index in [2.05, 4.69) is 18.2 Å². The van der Waals surface area contributed by atoms with Crippen molar-refractivity contribution in [3.8, 4) is 0 Å². The van der Waals surface area contributed by atoms with E-state index in [1.54, 1.807) is 17.0 Å². The van der Waals surface area contributed by atoms with Gasteiger partial charge in [-0.05, 0) is 56.1 Å². The second kappa shape index (κ2) is 8.45. The van der Waals surface area contributed by atoms with Crippen molar-refractivity contribution >= 4 is 5.91 Å². The summed E-state index contributed by atoms with van der Waals surface area (Å²) < 4.78 is 14.0. The lowest BCUT2D eigenvalue weighted by Gasteiger charge is -2.25. The molecular weight excluding hydrogens is 327 g/mol. The summed E-state index contributed by atoms with van der Waals surface area (Å²) in [6.45, 7) is 1.65. The van der Waals surface area contributed by atoms with E-state index in [0.717, 1.165) is 24.9 Å². The van der Waals surface area contributed by atoms with Gasteiger partial charge in [0.2, 0.25) is 5.91 Å². The smallest absolute Gasteiger partial charge is 0.227 e. The molecule has 0 spiro atoms. The van der Waals surface area contributed by atoms with Gasteiger partial charge in [-0.1, -0.05) is 36.4 Å². The Labute approximate surface area is 155 Å². The average Bonchev–Trinajstić information content (AvgIpc) is 3.07. The Kier molecular flexibility index (Phi) is 6.04. The molecule has 0 heterocycles. The molecule has 0 bridgehead atoms. The minimum Gasteiger partial charge on any atom is -0.337 e. The van der Waals surface area contributed by atoms with Gasteiger partial charge in [0, 0.05) is 25.2 Å². The summed E-state index contributed by atoms with van der Waals surface area (Å²) in [6.07, 6.45) is 3.83. The summed E-state index contributed by atoms with van der Waals surface area (Å²) in [5.41, 5.74) is 4.41. The zero-order chi connectivity index (χ0) is 18.5. The molecule has 0 aromatic heterocycles. The Bertz CT molecular complexity index is 772. The fourth-order valence-corrected chi connectivity index (χ4v) is 3.47. The van der Waals surface area contributed by atoms with Gasteiger partial charge in [0.1, 0.15) is 5.82 Å². The normalized spacial score (nSPS) is 13.1. The monoisotopic (exact) mass is 354 g/mol. The van der Waals surface area contributed by atoms with Crippen molar-refractivity contribution in [2.45, 2.75) is 32.2 Å². The molecule has 1 aliphatic carbocycles. The van der Waals surface area contributed by atoms with E-state index >= 15 is 0 Å². The van der Waals surface area contributed by atoms with Crippen LogP contribution in [0.25, 0.3) is 0 Å². The first-order valence-electron chi connectivity index (χ1n) is 9.29. The molecule has 0 N–H and O–H groups in total. The van der Waals surface area contributed by atoms with Crippen LogP contribution in [0.4, 0.5) is 4.39 Å². The van der Waals surface area contributed by atoms with Crippen molar-refractivity contribution in [3.63, 3.8) is 0 Å². The first-order valence-corrected chi connectivity index (χ1v) is 9.29. The van der Waals surface area contributed by atoms with Crippen LogP contribution in [0.5, 0.6) is 0 Å². The average molecular weight is 354 g/mol. The van der Waals surface area contributed by atoms with Gasteiger partial charge in [0.05, 0.1) is 6.42 Å². The van der Waals surface area contributed by atoms with Crippen LogP contribution < -0.4 is 0 Å². The molecular formula is C22H27FN2O. The Morgan fingerprint density at radius 3 is 2.58 bits per heavy atom. The van der Waals surface area contributed by atoms with E-state index in [0.29, 0.717) is 25.1 Å². The van der Waals surface area contributed by atoms with Crippen LogP contribution in [-0.2, 0) is 30.6 Å². The molecule has 0 aliphatic heterocycles. The molecule has 0 atom stereocenters. The van der Waals surface area contributed by atoms with Gasteiger partial charge in [0.25, 0.3) is 0 Å². The van der Waals surface area contributed by atoms with Crippen LogP contribution in [0, 0.1) is 5.82 Å². The van der Waals surface area contributed by atoms with Crippen molar-refractivity contribution in [2.24, 2.45) is 0 Å². The number of rotatable bonds is 7. The SMILES string of the molecule is CN(C)CCN(Cc1ccccc1F)C(=O)Cc1ccc2c(c1)CCC2. The third-order valence-corrected chi connectivity index (χ3v) is 5.01. The Morgan fingerprint density at radius 1 is 1.04 bits per heavy atom. The highest BCUT2D eigenvalue weighted by atomic mass is 19.1. The van der Waals surface area contributed by atoms with E-state index in [-0.39, 0.29) is 11.7 Å². The van der Waals surface area contributed by atoms with E-state index in [4.69, 9.17) is 0 Å². The molecule has 3 rings (SSSR count). The second-order valence-corrected chi connectivity index (χ2v) is 7.34. The van der Waals surface area contributed by atoms with Gasteiger partial charge >= 0.3 is 0 Å². The quantitative estimate of drug-likeness (QED) is 0.760. The Hall–Kier alpha value is -2.20. The van der Waals surface area contributed by atoms with E-state index in [1.165, 1.54) is 23.6 Å². The zero-order valence-electron chi connectivity index (χ0n) is 15.7. The topological polar surface area (TPSA) is 23.6 Å². The number of hydrogen-bond acceptors (Lipinski definition) is 2. The number of benzene rings is 2. The van der Waals surface area contributed by atoms with Crippen molar-refractivity contribution in [1.29, 1.82) is 0 Å². The summed E-state index contributed by atoms with van der Waals surface area (Å²) in [7, 11) is 3.96. The molecule has 0 saturated heterocycles. The molecule has 138 valence electrons. The lowest BCUT2D eigenvalue weighted by molar-refractivity contribution is -0.131. The number of halogens is 1. The van der Waals surface area contributed by atoms with E-state index in [9.17, 15) is 9.18 Å². The van der Waals surface area contributed by atoms with Crippen molar-refractivity contribution in [2.75, 3.05) is 27.2 Å². The lowest BCUT2D eigenvalue weighted by atomic mass is 10.0. The zero-order valence-corrected chi connectivity index (χ0v) is 15.7. The molecule has 0 radical (unpaired) electrons. The fourth-order valence-electron chi connectivity index (χ4n) is 3.47. The number of carbonyl (C=O) groups excluding carboxylic acids is 1. The van der Waals surface area contributed by atoms with Gasteiger partial charge < -0.3 is 9.80 Å². The third kappa shape index (κ3) is 4.70. The molecule has 4 heteroatoms. The van der Waals surface area contributed by atoms with Crippen molar-refractivity contribution in [3.05, 3.63) is 70.5 Å². The first-order chi connectivity index (χ1) is 12.5. The number of fused-ring (bicyclic) bond motifs is 1. The number of nitrogens with zero attached hydrogens (tertiary/aromatic N) is 2. The number of likely N-dealkylation sites (N-methyl/N-ethyl adjacent to an activating group) is 1. The molecule has 1 aliphatic rings. The minimum absolute atomic E-state index is 0.0491. The first kappa shape index (κ1) is 18.6. The molecule has 26 heavy (non-hydrogen) atoms. The van der Waals surface area contributed by atoms with Gasteiger partial charge in [-0.3, -0.25) is 4.79 Å². The number of carbonyl (C=O) groups is 1. The van der Waals surface area contributed by atoms with E-state index in [1.807, 2.05) is 25.1 Å². The number of amides is 1. The molecule has 1 amide bonds. The molecule has 2 aromatic rings. The summed E-state index contributed by atoms with van der Waals surface area (Å²) >= 11 is 0. The Balaban J connectivity index is 1.72. The maximum atomic E-state index is 14.0. The van der Waals surface area contributed by atoms with Crippen LogP contribution in [0.15, 0.2) is 42.5 Å². The molecule has 2 aromatic carbocycles. The number of hydrogen-bond donors (Lipinski definition) is 0. The summed E-state index contributed by atoms with van der Waals surface area (Å²) in [5, 5.41) is 0. The third-order valence-electron chi connectivity index (χ3n) is 5.01. The van der Waals surface area contributed by atoms with Crippen LogP contribution in [0.2, 0.25) is 0 Å². The fraction of sp³-hybridized carbons (Fsp3) is 0.409. The summed E-state index contributed by atoms with van der Waals surface area (Å²) in [5.74, 6) is -0.208. The van der Waals surface area contributed by atoms with Gasteiger partial charge in [-0.2, -0.15) is 0 Å². The molecule has 0 fully saturated rings.